The normalized spacial score (nSPS) is 37.5. The third-order valence-corrected chi connectivity index (χ3v) is 3.03. The SMILES string of the molecule is OC1CNC12CCCCC2. The van der Waals surface area contributed by atoms with Crippen molar-refractivity contribution in [1.29, 1.82) is 0 Å². The zero-order chi connectivity index (χ0) is 7.03. The summed E-state index contributed by atoms with van der Waals surface area (Å²) in [5.41, 5.74) is 0.165. The standard InChI is InChI=1S/C8H15NO/c10-7-6-9-8(7)4-2-1-3-5-8/h7,9-10H,1-6H2. The van der Waals surface area contributed by atoms with Crippen LogP contribution in [0.15, 0.2) is 0 Å². The molecule has 1 unspecified atom stereocenters. The Hall–Kier alpha value is -0.0800. The van der Waals surface area contributed by atoms with E-state index in [9.17, 15) is 5.11 Å². The van der Waals surface area contributed by atoms with Crippen LogP contribution in [0.5, 0.6) is 0 Å². The van der Waals surface area contributed by atoms with Gasteiger partial charge in [0.1, 0.15) is 0 Å². The number of hydrogen-bond donors (Lipinski definition) is 2. The second-order valence-electron chi connectivity index (χ2n) is 3.61. The molecule has 0 aromatic rings. The van der Waals surface area contributed by atoms with Crippen molar-refractivity contribution in [3.8, 4) is 0 Å². The van der Waals surface area contributed by atoms with Crippen molar-refractivity contribution in [3.63, 3.8) is 0 Å². The van der Waals surface area contributed by atoms with Gasteiger partial charge in [-0.25, -0.2) is 0 Å². The summed E-state index contributed by atoms with van der Waals surface area (Å²) in [4.78, 5) is 0. The Bertz CT molecular complexity index is 129. The Kier molecular flexibility index (Phi) is 1.46. The summed E-state index contributed by atoms with van der Waals surface area (Å²) in [5, 5.41) is 12.8. The maximum Gasteiger partial charge on any atom is 0.0845 e. The average molecular weight is 141 g/mol. The summed E-state index contributed by atoms with van der Waals surface area (Å²) >= 11 is 0. The van der Waals surface area contributed by atoms with Crippen LogP contribution in [0.3, 0.4) is 0 Å². The lowest BCUT2D eigenvalue weighted by atomic mass is 9.73. The highest BCUT2D eigenvalue weighted by molar-refractivity contribution is 5.05. The van der Waals surface area contributed by atoms with Gasteiger partial charge in [0, 0.05) is 12.1 Å². The first-order valence-corrected chi connectivity index (χ1v) is 4.27. The monoisotopic (exact) mass is 141 g/mol. The van der Waals surface area contributed by atoms with Crippen LogP contribution in [0.2, 0.25) is 0 Å². The average Bonchev–Trinajstić information content (AvgIpc) is 2.04. The lowest BCUT2D eigenvalue weighted by Gasteiger charge is -2.50. The summed E-state index contributed by atoms with van der Waals surface area (Å²) in [7, 11) is 0. The van der Waals surface area contributed by atoms with Crippen LogP contribution in [0.25, 0.3) is 0 Å². The highest BCUT2D eigenvalue weighted by atomic mass is 16.3. The van der Waals surface area contributed by atoms with Crippen molar-refractivity contribution in [1.82, 2.24) is 5.32 Å². The summed E-state index contributed by atoms with van der Waals surface area (Å²) in [6, 6.07) is 0. The van der Waals surface area contributed by atoms with Gasteiger partial charge in [-0.3, -0.25) is 0 Å². The minimum atomic E-state index is -0.0483. The molecule has 2 heteroatoms. The number of aliphatic hydroxyl groups excluding tert-OH is 1. The van der Waals surface area contributed by atoms with Gasteiger partial charge in [-0.15, -0.1) is 0 Å². The van der Waals surface area contributed by atoms with Gasteiger partial charge in [-0.1, -0.05) is 19.3 Å². The van der Waals surface area contributed by atoms with Crippen LogP contribution in [-0.2, 0) is 0 Å². The van der Waals surface area contributed by atoms with Crippen LogP contribution < -0.4 is 5.32 Å². The molecule has 0 aromatic carbocycles. The second kappa shape index (κ2) is 2.21. The fraction of sp³-hybridized carbons (Fsp3) is 1.00. The summed E-state index contributed by atoms with van der Waals surface area (Å²) in [5.74, 6) is 0. The number of nitrogens with one attached hydrogen (secondary N) is 1. The molecule has 10 heavy (non-hydrogen) atoms. The summed E-state index contributed by atoms with van der Waals surface area (Å²) in [6.45, 7) is 0.819. The first kappa shape index (κ1) is 6.62. The minimum absolute atomic E-state index is 0.0483. The lowest BCUT2D eigenvalue weighted by Crippen LogP contribution is -2.69. The van der Waals surface area contributed by atoms with Crippen LogP contribution in [-0.4, -0.2) is 23.3 Å². The smallest absolute Gasteiger partial charge is 0.0845 e. The molecule has 2 N–H and O–H groups in total. The minimum Gasteiger partial charge on any atom is -0.390 e. The van der Waals surface area contributed by atoms with E-state index >= 15 is 0 Å². The first-order valence-electron chi connectivity index (χ1n) is 4.27. The molecule has 58 valence electrons. The molecule has 1 aliphatic heterocycles. The van der Waals surface area contributed by atoms with Crippen molar-refractivity contribution in [2.45, 2.75) is 43.7 Å². The van der Waals surface area contributed by atoms with Gasteiger partial charge < -0.3 is 10.4 Å². The van der Waals surface area contributed by atoms with Gasteiger partial charge in [-0.2, -0.15) is 0 Å². The van der Waals surface area contributed by atoms with Crippen LogP contribution in [0.1, 0.15) is 32.1 Å². The lowest BCUT2D eigenvalue weighted by molar-refractivity contribution is -0.0351. The predicted molar refractivity (Wildman–Crippen MR) is 39.8 cm³/mol. The Morgan fingerprint density at radius 1 is 1.20 bits per heavy atom. The Balaban J connectivity index is 1.99. The molecular formula is C8H15NO. The summed E-state index contributed by atoms with van der Waals surface area (Å²) in [6.07, 6.45) is 6.28. The predicted octanol–water partition coefficient (Wildman–Crippen LogP) is 0.653. The van der Waals surface area contributed by atoms with E-state index in [4.69, 9.17) is 0 Å². The highest BCUT2D eigenvalue weighted by Crippen LogP contribution is 2.35. The van der Waals surface area contributed by atoms with Crippen molar-refractivity contribution in [2.75, 3.05) is 6.54 Å². The van der Waals surface area contributed by atoms with Gasteiger partial charge in [0.2, 0.25) is 0 Å². The van der Waals surface area contributed by atoms with Gasteiger partial charge in [0.15, 0.2) is 0 Å². The molecule has 1 atom stereocenters. The van der Waals surface area contributed by atoms with Crippen LogP contribution >= 0.6 is 0 Å². The van der Waals surface area contributed by atoms with Crippen molar-refractivity contribution >= 4 is 0 Å². The fourth-order valence-corrected chi connectivity index (χ4v) is 2.17. The Labute approximate surface area is 61.6 Å². The fourth-order valence-electron chi connectivity index (χ4n) is 2.17. The molecule has 1 spiro atoms. The van der Waals surface area contributed by atoms with E-state index in [1.165, 1.54) is 32.1 Å². The molecule has 0 bridgehead atoms. The van der Waals surface area contributed by atoms with E-state index in [1.807, 2.05) is 0 Å². The zero-order valence-electron chi connectivity index (χ0n) is 6.27. The summed E-state index contributed by atoms with van der Waals surface area (Å²) < 4.78 is 0. The van der Waals surface area contributed by atoms with Crippen molar-refractivity contribution in [2.24, 2.45) is 0 Å². The maximum absolute atomic E-state index is 9.46. The van der Waals surface area contributed by atoms with Crippen LogP contribution in [0, 0.1) is 0 Å². The van der Waals surface area contributed by atoms with Crippen molar-refractivity contribution < 1.29 is 5.11 Å². The maximum atomic E-state index is 9.46. The van der Waals surface area contributed by atoms with Gasteiger partial charge in [-0.05, 0) is 12.8 Å². The molecule has 1 saturated heterocycles. The molecule has 2 aliphatic rings. The van der Waals surface area contributed by atoms with E-state index in [-0.39, 0.29) is 11.6 Å². The third kappa shape index (κ3) is 0.789. The Morgan fingerprint density at radius 3 is 2.20 bits per heavy atom. The molecule has 1 aliphatic carbocycles. The molecule has 2 nitrogen and oxygen atoms in total. The Morgan fingerprint density at radius 2 is 1.90 bits per heavy atom. The molecule has 2 fully saturated rings. The van der Waals surface area contributed by atoms with E-state index in [0.29, 0.717) is 0 Å². The first-order chi connectivity index (χ1) is 4.83. The number of hydrogen-bond acceptors (Lipinski definition) is 2. The number of aliphatic hydroxyl groups is 1. The van der Waals surface area contributed by atoms with Crippen LogP contribution in [0.4, 0.5) is 0 Å². The highest BCUT2D eigenvalue weighted by Gasteiger charge is 2.45. The largest absolute Gasteiger partial charge is 0.390 e. The van der Waals surface area contributed by atoms with Gasteiger partial charge in [0.05, 0.1) is 6.10 Å². The number of rotatable bonds is 0. The van der Waals surface area contributed by atoms with Gasteiger partial charge >= 0.3 is 0 Å². The van der Waals surface area contributed by atoms with Gasteiger partial charge in [0.25, 0.3) is 0 Å². The third-order valence-electron chi connectivity index (χ3n) is 3.03. The topological polar surface area (TPSA) is 32.3 Å². The molecule has 1 heterocycles. The van der Waals surface area contributed by atoms with E-state index in [2.05, 4.69) is 5.32 Å². The molecule has 0 amide bonds. The molecule has 2 rings (SSSR count). The number of β-amino-alcohol motifs (C(OH)–C–C–N with tert-alkyl or cyclic N) is 1. The second-order valence-corrected chi connectivity index (χ2v) is 3.61. The zero-order valence-corrected chi connectivity index (χ0v) is 6.27. The molecular weight excluding hydrogens is 126 g/mol. The molecule has 1 saturated carbocycles. The van der Waals surface area contributed by atoms with E-state index in [1.54, 1.807) is 0 Å². The quantitative estimate of drug-likeness (QED) is 0.519. The molecule has 0 radical (unpaired) electrons. The molecule has 0 aromatic heterocycles. The van der Waals surface area contributed by atoms with E-state index in [0.717, 1.165) is 6.54 Å². The van der Waals surface area contributed by atoms with Crippen molar-refractivity contribution in [3.05, 3.63) is 0 Å². The van der Waals surface area contributed by atoms with E-state index < -0.39 is 0 Å².